The van der Waals surface area contributed by atoms with E-state index in [9.17, 15) is 9.59 Å². The molecule has 0 aliphatic carbocycles. The lowest BCUT2D eigenvalue weighted by Crippen LogP contribution is -2.41. The second-order valence-corrected chi connectivity index (χ2v) is 3.22. The molecule has 0 heterocycles. The highest BCUT2D eigenvalue weighted by atomic mass is 16.5. The third-order valence-electron chi connectivity index (χ3n) is 1.92. The molecule has 2 amide bonds. The van der Waals surface area contributed by atoms with Crippen molar-refractivity contribution >= 4 is 11.8 Å². The van der Waals surface area contributed by atoms with Crippen molar-refractivity contribution in [2.45, 2.75) is 13.3 Å². The van der Waals surface area contributed by atoms with E-state index in [1.807, 2.05) is 12.1 Å². The Kier molecular flexibility index (Phi) is 4.32. The standard InChI is InChI=1S/C11H14N2O3/c1-8(14)12-13-11(15)7-9-5-3-4-6-10(9)16-2/h3-6H,7H2,1-2H3,(H,12,14)(H,13,15). The second-order valence-electron chi connectivity index (χ2n) is 3.22. The fourth-order valence-electron chi connectivity index (χ4n) is 1.22. The zero-order chi connectivity index (χ0) is 12.0. The molecule has 0 spiro atoms. The number of carbonyl (C=O) groups excluding carboxylic acids is 2. The van der Waals surface area contributed by atoms with Gasteiger partial charge in [0, 0.05) is 12.5 Å². The Morgan fingerprint density at radius 2 is 1.94 bits per heavy atom. The summed E-state index contributed by atoms with van der Waals surface area (Å²) in [7, 11) is 1.55. The molecule has 5 heteroatoms. The molecule has 0 atom stereocenters. The summed E-state index contributed by atoms with van der Waals surface area (Å²) in [5, 5.41) is 0. The molecule has 1 aromatic carbocycles. The van der Waals surface area contributed by atoms with Crippen LogP contribution in [0.3, 0.4) is 0 Å². The Hall–Kier alpha value is -2.04. The lowest BCUT2D eigenvalue weighted by molar-refractivity contribution is -0.127. The van der Waals surface area contributed by atoms with Crippen LogP contribution >= 0.6 is 0 Å². The molecule has 0 aliphatic heterocycles. The van der Waals surface area contributed by atoms with Crippen molar-refractivity contribution in [1.29, 1.82) is 0 Å². The fourth-order valence-corrected chi connectivity index (χ4v) is 1.22. The Morgan fingerprint density at radius 3 is 2.56 bits per heavy atom. The van der Waals surface area contributed by atoms with Crippen LogP contribution in [0.4, 0.5) is 0 Å². The van der Waals surface area contributed by atoms with Crippen molar-refractivity contribution in [3.05, 3.63) is 29.8 Å². The van der Waals surface area contributed by atoms with Gasteiger partial charge in [-0.25, -0.2) is 0 Å². The van der Waals surface area contributed by atoms with Gasteiger partial charge in [0.15, 0.2) is 0 Å². The molecular weight excluding hydrogens is 208 g/mol. The third kappa shape index (κ3) is 3.61. The van der Waals surface area contributed by atoms with Crippen molar-refractivity contribution < 1.29 is 14.3 Å². The Labute approximate surface area is 93.8 Å². The van der Waals surface area contributed by atoms with Crippen molar-refractivity contribution in [2.24, 2.45) is 0 Å². The highest BCUT2D eigenvalue weighted by Crippen LogP contribution is 2.17. The summed E-state index contributed by atoms with van der Waals surface area (Å²) in [6.45, 7) is 1.32. The largest absolute Gasteiger partial charge is 0.496 e. The van der Waals surface area contributed by atoms with E-state index >= 15 is 0 Å². The average Bonchev–Trinajstić information content (AvgIpc) is 2.27. The monoisotopic (exact) mass is 222 g/mol. The van der Waals surface area contributed by atoms with Crippen LogP contribution < -0.4 is 15.6 Å². The summed E-state index contributed by atoms with van der Waals surface area (Å²) in [5.41, 5.74) is 5.28. The quantitative estimate of drug-likeness (QED) is 0.728. The summed E-state index contributed by atoms with van der Waals surface area (Å²) in [6, 6.07) is 7.23. The lowest BCUT2D eigenvalue weighted by Gasteiger charge is -2.08. The predicted molar refractivity (Wildman–Crippen MR) is 58.7 cm³/mol. The van der Waals surface area contributed by atoms with Gasteiger partial charge in [-0.3, -0.25) is 20.4 Å². The normalized spacial score (nSPS) is 9.38. The van der Waals surface area contributed by atoms with Gasteiger partial charge in [-0.15, -0.1) is 0 Å². The maximum absolute atomic E-state index is 11.4. The van der Waals surface area contributed by atoms with E-state index < -0.39 is 0 Å². The van der Waals surface area contributed by atoms with Gasteiger partial charge in [-0.1, -0.05) is 18.2 Å². The van der Waals surface area contributed by atoms with Gasteiger partial charge in [-0.05, 0) is 6.07 Å². The van der Waals surface area contributed by atoms with Gasteiger partial charge in [-0.2, -0.15) is 0 Å². The SMILES string of the molecule is COc1ccccc1CC(=O)NNC(C)=O. The van der Waals surface area contributed by atoms with Crippen LogP contribution in [-0.2, 0) is 16.0 Å². The zero-order valence-electron chi connectivity index (χ0n) is 9.24. The summed E-state index contributed by atoms with van der Waals surface area (Å²) < 4.78 is 5.10. The molecule has 0 bridgehead atoms. The molecule has 1 rings (SSSR count). The number of rotatable bonds is 3. The van der Waals surface area contributed by atoms with Crippen molar-refractivity contribution in [3.63, 3.8) is 0 Å². The zero-order valence-corrected chi connectivity index (χ0v) is 9.24. The minimum atomic E-state index is -0.312. The molecule has 0 fully saturated rings. The highest BCUT2D eigenvalue weighted by molar-refractivity contribution is 5.82. The number of hydrazine groups is 1. The number of hydrogen-bond acceptors (Lipinski definition) is 3. The summed E-state index contributed by atoms with van der Waals surface area (Å²) >= 11 is 0. The maximum atomic E-state index is 11.4. The molecule has 0 radical (unpaired) electrons. The van der Waals surface area contributed by atoms with Gasteiger partial charge >= 0.3 is 0 Å². The molecule has 0 unspecified atom stereocenters. The number of ether oxygens (including phenoxy) is 1. The molecule has 2 N–H and O–H groups in total. The smallest absolute Gasteiger partial charge is 0.242 e. The molecule has 0 aromatic heterocycles. The first kappa shape index (κ1) is 12.0. The van der Waals surface area contributed by atoms with E-state index in [0.29, 0.717) is 5.75 Å². The molecule has 5 nitrogen and oxygen atoms in total. The third-order valence-corrected chi connectivity index (χ3v) is 1.92. The number of methoxy groups -OCH3 is 1. The van der Waals surface area contributed by atoms with E-state index in [0.717, 1.165) is 5.56 Å². The van der Waals surface area contributed by atoms with Crippen molar-refractivity contribution in [3.8, 4) is 5.75 Å². The van der Waals surface area contributed by atoms with E-state index in [1.165, 1.54) is 6.92 Å². The van der Waals surface area contributed by atoms with Crippen LogP contribution in [0, 0.1) is 0 Å². The van der Waals surface area contributed by atoms with Crippen LogP contribution in [0.25, 0.3) is 0 Å². The maximum Gasteiger partial charge on any atom is 0.242 e. The molecule has 16 heavy (non-hydrogen) atoms. The van der Waals surface area contributed by atoms with E-state index in [1.54, 1.807) is 19.2 Å². The van der Waals surface area contributed by atoms with E-state index in [4.69, 9.17) is 4.74 Å². The van der Waals surface area contributed by atoms with Gasteiger partial charge < -0.3 is 4.74 Å². The predicted octanol–water partition coefficient (Wildman–Crippen LogP) is 0.405. The highest BCUT2D eigenvalue weighted by Gasteiger charge is 2.07. The van der Waals surface area contributed by atoms with Gasteiger partial charge in [0.05, 0.1) is 13.5 Å². The van der Waals surface area contributed by atoms with Gasteiger partial charge in [0.2, 0.25) is 11.8 Å². The minimum Gasteiger partial charge on any atom is -0.496 e. The number of nitrogens with one attached hydrogen (secondary N) is 2. The van der Waals surface area contributed by atoms with Crippen LogP contribution in [0.2, 0.25) is 0 Å². The van der Waals surface area contributed by atoms with Crippen LogP contribution in [-0.4, -0.2) is 18.9 Å². The van der Waals surface area contributed by atoms with Crippen molar-refractivity contribution in [1.82, 2.24) is 10.9 Å². The average molecular weight is 222 g/mol. The van der Waals surface area contributed by atoms with E-state index in [-0.39, 0.29) is 18.2 Å². The molecular formula is C11H14N2O3. The summed E-state index contributed by atoms with van der Waals surface area (Å²) in [5.74, 6) is 0.0496. The topological polar surface area (TPSA) is 67.4 Å². The molecule has 1 aromatic rings. The first-order chi connectivity index (χ1) is 7.63. The number of benzene rings is 1. The first-order valence-corrected chi connectivity index (χ1v) is 4.81. The van der Waals surface area contributed by atoms with Crippen LogP contribution in [0.5, 0.6) is 5.75 Å². The molecule has 0 aliphatic rings. The second kappa shape index (κ2) is 5.75. The number of para-hydroxylation sites is 1. The van der Waals surface area contributed by atoms with E-state index in [2.05, 4.69) is 10.9 Å². The molecule has 0 saturated heterocycles. The minimum absolute atomic E-state index is 0.157. The Morgan fingerprint density at radius 1 is 1.25 bits per heavy atom. The molecule has 0 saturated carbocycles. The summed E-state index contributed by atoms with van der Waals surface area (Å²) in [6.07, 6.45) is 0.157. The van der Waals surface area contributed by atoms with Crippen LogP contribution in [0.1, 0.15) is 12.5 Å². The number of carbonyl (C=O) groups is 2. The first-order valence-electron chi connectivity index (χ1n) is 4.81. The molecule has 86 valence electrons. The van der Waals surface area contributed by atoms with Gasteiger partial charge in [0.1, 0.15) is 5.75 Å². The summed E-state index contributed by atoms with van der Waals surface area (Å²) in [4.78, 5) is 22.0. The fraction of sp³-hybridized carbons (Fsp3) is 0.273. The van der Waals surface area contributed by atoms with Gasteiger partial charge in [0.25, 0.3) is 0 Å². The lowest BCUT2D eigenvalue weighted by atomic mass is 10.1. The number of amides is 2. The number of hydrogen-bond donors (Lipinski definition) is 2. The Bertz CT molecular complexity index is 391. The van der Waals surface area contributed by atoms with Crippen molar-refractivity contribution in [2.75, 3.05) is 7.11 Å². The Balaban J connectivity index is 2.58. The van der Waals surface area contributed by atoms with Crippen LogP contribution in [0.15, 0.2) is 24.3 Å².